The summed E-state index contributed by atoms with van der Waals surface area (Å²) in [6.07, 6.45) is 4.10. The summed E-state index contributed by atoms with van der Waals surface area (Å²) in [6, 6.07) is 0.485. The van der Waals surface area contributed by atoms with Gasteiger partial charge in [-0.05, 0) is 44.6 Å². The van der Waals surface area contributed by atoms with Gasteiger partial charge in [0.2, 0.25) is 0 Å². The first-order valence-electron chi connectivity index (χ1n) is 7.88. The van der Waals surface area contributed by atoms with Crippen LogP contribution in [0.2, 0.25) is 0 Å². The van der Waals surface area contributed by atoms with E-state index in [2.05, 4.69) is 32.7 Å². The molecule has 0 saturated heterocycles. The molecule has 1 aliphatic rings. The number of rotatable bonds is 7. The molecule has 1 fully saturated rings. The quantitative estimate of drug-likeness (QED) is 0.723. The fraction of sp³-hybridized carbons (Fsp3) is 1.00. The van der Waals surface area contributed by atoms with Gasteiger partial charge in [-0.1, -0.05) is 27.2 Å². The SMILES string of the molecule is CCOCCN(C)C1CC(O)CCC1C(C)(C)CC. The van der Waals surface area contributed by atoms with Crippen LogP contribution >= 0.6 is 0 Å². The zero-order chi connectivity index (χ0) is 14.5. The van der Waals surface area contributed by atoms with Crippen LogP contribution < -0.4 is 0 Å². The molecule has 3 heteroatoms. The van der Waals surface area contributed by atoms with Crippen LogP contribution in [0.4, 0.5) is 0 Å². The molecule has 3 atom stereocenters. The molecular weight excluding hydrogens is 238 g/mol. The van der Waals surface area contributed by atoms with Crippen molar-refractivity contribution in [2.24, 2.45) is 11.3 Å². The molecule has 1 rings (SSSR count). The van der Waals surface area contributed by atoms with Crippen LogP contribution in [0.5, 0.6) is 0 Å². The number of hydrogen-bond donors (Lipinski definition) is 1. The minimum atomic E-state index is -0.122. The number of ether oxygens (including phenoxy) is 1. The standard InChI is InChI=1S/C16H33NO2/c1-6-16(3,4)14-9-8-13(18)12-15(14)17(5)10-11-19-7-2/h13-15,18H,6-12H2,1-5H3. The van der Waals surface area contributed by atoms with Crippen LogP contribution in [0.25, 0.3) is 0 Å². The van der Waals surface area contributed by atoms with Crippen molar-refractivity contribution >= 4 is 0 Å². The maximum Gasteiger partial charge on any atom is 0.0593 e. The Labute approximate surface area is 119 Å². The van der Waals surface area contributed by atoms with Gasteiger partial charge in [0.25, 0.3) is 0 Å². The monoisotopic (exact) mass is 271 g/mol. The summed E-state index contributed by atoms with van der Waals surface area (Å²) in [5.74, 6) is 0.674. The lowest BCUT2D eigenvalue weighted by Gasteiger charge is -2.47. The molecule has 1 aliphatic carbocycles. The summed E-state index contributed by atoms with van der Waals surface area (Å²) >= 11 is 0. The third-order valence-corrected chi connectivity index (χ3v) is 5.06. The molecule has 1 N–H and O–H groups in total. The van der Waals surface area contributed by atoms with Gasteiger partial charge in [0.1, 0.15) is 0 Å². The van der Waals surface area contributed by atoms with E-state index in [-0.39, 0.29) is 6.10 Å². The van der Waals surface area contributed by atoms with Gasteiger partial charge in [-0.25, -0.2) is 0 Å². The van der Waals surface area contributed by atoms with E-state index in [0.29, 0.717) is 17.4 Å². The predicted octanol–water partition coefficient (Wildman–Crippen LogP) is 2.92. The van der Waals surface area contributed by atoms with Gasteiger partial charge in [0.05, 0.1) is 12.7 Å². The molecule has 0 radical (unpaired) electrons. The molecule has 19 heavy (non-hydrogen) atoms. The first-order chi connectivity index (χ1) is 8.92. The minimum absolute atomic E-state index is 0.122. The lowest BCUT2D eigenvalue weighted by molar-refractivity contribution is -0.0171. The van der Waals surface area contributed by atoms with Crippen LogP contribution in [0.15, 0.2) is 0 Å². The fourth-order valence-electron chi connectivity index (χ4n) is 3.30. The molecule has 1 saturated carbocycles. The van der Waals surface area contributed by atoms with Gasteiger partial charge in [-0.15, -0.1) is 0 Å². The van der Waals surface area contributed by atoms with Crippen molar-refractivity contribution in [2.45, 2.75) is 65.5 Å². The molecule has 0 aromatic rings. The average Bonchev–Trinajstić information content (AvgIpc) is 2.38. The number of nitrogens with zero attached hydrogens (tertiary/aromatic N) is 1. The van der Waals surface area contributed by atoms with Crippen LogP contribution in [0, 0.1) is 11.3 Å². The molecule has 0 aromatic heterocycles. The molecule has 114 valence electrons. The smallest absolute Gasteiger partial charge is 0.0593 e. The first-order valence-corrected chi connectivity index (χ1v) is 7.88. The van der Waals surface area contributed by atoms with Crippen LogP contribution in [-0.2, 0) is 4.74 Å². The van der Waals surface area contributed by atoms with Crippen molar-refractivity contribution in [1.29, 1.82) is 0 Å². The first kappa shape index (κ1) is 16.9. The second-order valence-electron chi connectivity index (χ2n) is 6.66. The lowest BCUT2D eigenvalue weighted by atomic mass is 9.66. The van der Waals surface area contributed by atoms with Crippen molar-refractivity contribution in [1.82, 2.24) is 4.90 Å². The summed E-state index contributed by atoms with van der Waals surface area (Å²) in [7, 11) is 2.18. The Morgan fingerprint density at radius 2 is 1.95 bits per heavy atom. The molecule has 0 amide bonds. The zero-order valence-corrected chi connectivity index (χ0v) is 13.5. The second-order valence-corrected chi connectivity index (χ2v) is 6.66. The summed E-state index contributed by atoms with van der Waals surface area (Å²) in [6.45, 7) is 11.6. The van der Waals surface area contributed by atoms with Crippen molar-refractivity contribution in [3.8, 4) is 0 Å². The Balaban J connectivity index is 2.67. The lowest BCUT2D eigenvalue weighted by Crippen LogP contribution is -2.49. The van der Waals surface area contributed by atoms with Gasteiger partial charge >= 0.3 is 0 Å². The van der Waals surface area contributed by atoms with Gasteiger partial charge in [0, 0.05) is 19.2 Å². The van der Waals surface area contributed by atoms with Gasteiger partial charge in [0.15, 0.2) is 0 Å². The molecule has 3 nitrogen and oxygen atoms in total. The Hall–Kier alpha value is -0.120. The number of aliphatic hydroxyl groups is 1. The summed E-state index contributed by atoms with van der Waals surface area (Å²) in [4.78, 5) is 2.40. The Morgan fingerprint density at radius 3 is 2.53 bits per heavy atom. The highest BCUT2D eigenvalue weighted by atomic mass is 16.5. The van der Waals surface area contributed by atoms with Gasteiger partial charge in [-0.2, -0.15) is 0 Å². The van der Waals surface area contributed by atoms with E-state index in [0.717, 1.165) is 39.0 Å². The highest BCUT2D eigenvalue weighted by Gasteiger charge is 2.40. The number of hydrogen-bond acceptors (Lipinski definition) is 3. The highest BCUT2D eigenvalue weighted by Crippen LogP contribution is 2.42. The third-order valence-electron chi connectivity index (χ3n) is 5.06. The second kappa shape index (κ2) is 7.61. The molecule has 0 spiro atoms. The Kier molecular flexibility index (Phi) is 6.78. The van der Waals surface area contributed by atoms with E-state index < -0.39 is 0 Å². The van der Waals surface area contributed by atoms with E-state index in [1.165, 1.54) is 6.42 Å². The molecule has 0 heterocycles. The molecule has 0 bridgehead atoms. The zero-order valence-electron chi connectivity index (χ0n) is 13.5. The van der Waals surface area contributed by atoms with E-state index in [1.54, 1.807) is 0 Å². The molecular formula is C16H33NO2. The highest BCUT2D eigenvalue weighted by molar-refractivity contribution is 4.92. The summed E-state index contributed by atoms with van der Waals surface area (Å²) < 4.78 is 5.46. The van der Waals surface area contributed by atoms with E-state index in [9.17, 15) is 5.11 Å². The minimum Gasteiger partial charge on any atom is -0.393 e. The van der Waals surface area contributed by atoms with Crippen molar-refractivity contribution in [2.75, 3.05) is 26.8 Å². The maximum absolute atomic E-state index is 10.00. The number of likely N-dealkylation sites (N-methyl/N-ethyl adjacent to an activating group) is 1. The fourth-order valence-corrected chi connectivity index (χ4v) is 3.30. The van der Waals surface area contributed by atoms with Crippen molar-refractivity contribution < 1.29 is 9.84 Å². The van der Waals surface area contributed by atoms with Crippen LogP contribution in [-0.4, -0.2) is 49.0 Å². The van der Waals surface area contributed by atoms with Crippen molar-refractivity contribution in [3.05, 3.63) is 0 Å². The van der Waals surface area contributed by atoms with E-state index >= 15 is 0 Å². The third kappa shape index (κ3) is 4.73. The maximum atomic E-state index is 10.00. The Morgan fingerprint density at radius 1 is 1.26 bits per heavy atom. The van der Waals surface area contributed by atoms with Gasteiger partial charge < -0.3 is 14.7 Å². The Bertz CT molecular complexity index is 255. The van der Waals surface area contributed by atoms with E-state index in [1.807, 2.05) is 6.92 Å². The summed E-state index contributed by atoms with van der Waals surface area (Å²) in [5, 5.41) is 10.00. The largest absolute Gasteiger partial charge is 0.393 e. The average molecular weight is 271 g/mol. The van der Waals surface area contributed by atoms with Crippen molar-refractivity contribution in [3.63, 3.8) is 0 Å². The predicted molar refractivity (Wildman–Crippen MR) is 80.3 cm³/mol. The molecule has 0 aliphatic heterocycles. The van der Waals surface area contributed by atoms with E-state index in [4.69, 9.17) is 4.74 Å². The normalized spacial score (nSPS) is 28.9. The van der Waals surface area contributed by atoms with Crippen LogP contribution in [0.1, 0.15) is 53.4 Å². The molecule has 3 unspecified atom stereocenters. The van der Waals surface area contributed by atoms with Gasteiger partial charge in [-0.3, -0.25) is 0 Å². The molecule has 0 aromatic carbocycles. The topological polar surface area (TPSA) is 32.7 Å². The van der Waals surface area contributed by atoms with Crippen LogP contribution in [0.3, 0.4) is 0 Å². The summed E-state index contributed by atoms with van der Waals surface area (Å²) in [5.41, 5.74) is 0.352. The number of aliphatic hydroxyl groups excluding tert-OH is 1.